The number of anilines is 1. The van der Waals surface area contributed by atoms with Gasteiger partial charge in [0.15, 0.2) is 5.82 Å². The van der Waals surface area contributed by atoms with Gasteiger partial charge in [0.1, 0.15) is 16.9 Å². The number of hydrogen-bond donors (Lipinski definition) is 2. The van der Waals surface area contributed by atoms with Crippen LogP contribution in [0.15, 0.2) is 18.3 Å². The second-order valence-corrected chi connectivity index (χ2v) is 7.04. The molecule has 2 aromatic heterocycles. The summed E-state index contributed by atoms with van der Waals surface area (Å²) in [5.74, 6) is 0.0945. The van der Waals surface area contributed by atoms with E-state index in [1.165, 1.54) is 6.07 Å². The number of nitrogens with two attached hydrogens (primary N) is 1. The van der Waals surface area contributed by atoms with E-state index in [4.69, 9.17) is 5.73 Å². The summed E-state index contributed by atoms with van der Waals surface area (Å²) in [6, 6.07) is 3.22. The lowest BCUT2D eigenvalue weighted by molar-refractivity contribution is 0.0641. The third-order valence-electron chi connectivity index (χ3n) is 4.08. The first-order chi connectivity index (χ1) is 11.6. The number of nitrogen functional groups attached to an aromatic ring is 1. The Labute approximate surface area is 145 Å². The highest BCUT2D eigenvalue weighted by atomic mass is 19.1. The van der Waals surface area contributed by atoms with Gasteiger partial charge in [0.25, 0.3) is 0 Å². The second kappa shape index (κ2) is 5.77. The number of benzene rings is 1. The van der Waals surface area contributed by atoms with Gasteiger partial charge in [-0.15, -0.1) is 0 Å². The highest BCUT2D eigenvalue weighted by Gasteiger charge is 2.27. The fourth-order valence-corrected chi connectivity index (χ4v) is 2.99. The maximum Gasteiger partial charge on any atom is 0.220 e. The van der Waals surface area contributed by atoms with Gasteiger partial charge in [0.05, 0.1) is 11.2 Å². The summed E-state index contributed by atoms with van der Waals surface area (Å²) in [4.78, 5) is 12.6. The first-order valence-corrected chi connectivity index (χ1v) is 8.13. The summed E-state index contributed by atoms with van der Waals surface area (Å²) in [5, 5.41) is 10.4. The van der Waals surface area contributed by atoms with E-state index in [2.05, 4.69) is 15.0 Å². The normalized spacial score (nSPS) is 12.3. The minimum Gasteiger partial charge on any atom is -0.383 e. The summed E-state index contributed by atoms with van der Waals surface area (Å²) in [7, 11) is 0. The number of aromatic nitrogens is 4. The highest BCUT2D eigenvalue weighted by molar-refractivity contribution is 5.83. The monoisotopic (exact) mass is 343 g/mol. The molecule has 0 spiro atoms. The molecule has 132 valence electrons. The van der Waals surface area contributed by atoms with Gasteiger partial charge in [-0.2, -0.15) is 0 Å². The summed E-state index contributed by atoms with van der Waals surface area (Å²) < 4.78 is 16.6. The van der Waals surface area contributed by atoms with Crippen molar-refractivity contribution in [2.45, 2.75) is 46.3 Å². The summed E-state index contributed by atoms with van der Waals surface area (Å²) in [5.41, 5.74) is 7.31. The van der Waals surface area contributed by atoms with Crippen molar-refractivity contribution in [1.29, 1.82) is 0 Å². The van der Waals surface area contributed by atoms with E-state index < -0.39 is 11.4 Å². The predicted octanol–water partition coefficient (Wildman–Crippen LogP) is 3.33. The van der Waals surface area contributed by atoms with E-state index in [1.54, 1.807) is 20.0 Å². The molecule has 1 aromatic carbocycles. The number of nitrogens with zero attached hydrogens (tertiary/aromatic N) is 4. The molecule has 3 aromatic rings. The Morgan fingerprint density at radius 1 is 1.24 bits per heavy atom. The average Bonchev–Trinajstić information content (AvgIpc) is 2.90. The molecule has 7 heteroatoms. The van der Waals surface area contributed by atoms with Crippen molar-refractivity contribution in [3.05, 3.63) is 35.5 Å². The van der Waals surface area contributed by atoms with Crippen LogP contribution in [0.2, 0.25) is 0 Å². The Morgan fingerprint density at radius 2 is 1.92 bits per heavy atom. The van der Waals surface area contributed by atoms with Gasteiger partial charge < -0.3 is 15.4 Å². The standard InChI is InChI=1S/C18H22FN5O/c1-9(2)24-13-7-11(14-10(3)8-21-17(20)23-14)6-12(19)15(13)22-16(24)18(4,5)25/h6-9,25H,1-5H3,(H2,20,21,23). The fraction of sp³-hybridized carbons (Fsp3) is 0.389. The van der Waals surface area contributed by atoms with Crippen molar-refractivity contribution in [3.63, 3.8) is 0 Å². The van der Waals surface area contributed by atoms with Gasteiger partial charge >= 0.3 is 0 Å². The van der Waals surface area contributed by atoms with Crippen LogP contribution in [0.5, 0.6) is 0 Å². The van der Waals surface area contributed by atoms with Gasteiger partial charge in [0.2, 0.25) is 5.95 Å². The third-order valence-corrected chi connectivity index (χ3v) is 4.08. The molecule has 6 nitrogen and oxygen atoms in total. The molecule has 0 saturated heterocycles. The van der Waals surface area contributed by atoms with E-state index in [1.807, 2.05) is 31.4 Å². The molecule has 3 N–H and O–H groups in total. The molecule has 0 unspecified atom stereocenters. The Bertz CT molecular complexity index is 956. The van der Waals surface area contributed by atoms with Gasteiger partial charge in [-0.1, -0.05) is 0 Å². The molecule has 0 aliphatic rings. The van der Waals surface area contributed by atoms with Crippen LogP contribution < -0.4 is 5.73 Å². The number of aryl methyl sites for hydroxylation is 1. The largest absolute Gasteiger partial charge is 0.383 e. The molecule has 0 radical (unpaired) electrons. The summed E-state index contributed by atoms with van der Waals surface area (Å²) in [6.07, 6.45) is 1.61. The number of fused-ring (bicyclic) bond motifs is 1. The number of hydrogen-bond acceptors (Lipinski definition) is 5. The molecule has 0 fully saturated rings. The van der Waals surface area contributed by atoms with Crippen molar-refractivity contribution < 1.29 is 9.50 Å². The molecular formula is C18H22FN5O. The Kier molecular flexibility index (Phi) is 3.99. The van der Waals surface area contributed by atoms with Gasteiger partial charge in [-0.3, -0.25) is 0 Å². The molecule has 0 bridgehead atoms. The van der Waals surface area contributed by atoms with E-state index >= 15 is 0 Å². The summed E-state index contributed by atoms with van der Waals surface area (Å²) in [6.45, 7) is 9.06. The minimum absolute atomic E-state index is 0.00218. The molecule has 25 heavy (non-hydrogen) atoms. The topological polar surface area (TPSA) is 89.8 Å². The van der Waals surface area contributed by atoms with E-state index in [-0.39, 0.29) is 17.5 Å². The zero-order valence-corrected chi connectivity index (χ0v) is 15.0. The van der Waals surface area contributed by atoms with Crippen LogP contribution in [0.3, 0.4) is 0 Å². The molecule has 0 saturated carbocycles. The van der Waals surface area contributed by atoms with Crippen molar-refractivity contribution >= 4 is 17.0 Å². The molecule has 3 rings (SSSR count). The molecule has 0 aliphatic heterocycles. The lowest BCUT2D eigenvalue weighted by Crippen LogP contribution is -2.23. The number of rotatable bonds is 3. The van der Waals surface area contributed by atoms with Crippen LogP contribution in [0.25, 0.3) is 22.3 Å². The quantitative estimate of drug-likeness (QED) is 0.761. The van der Waals surface area contributed by atoms with E-state index in [0.29, 0.717) is 22.6 Å². The molecule has 0 aliphatic carbocycles. The van der Waals surface area contributed by atoms with Gasteiger partial charge in [-0.05, 0) is 52.3 Å². The number of imidazole rings is 1. The maximum atomic E-state index is 14.8. The van der Waals surface area contributed by atoms with Crippen LogP contribution in [0.1, 0.15) is 45.1 Å². The first kappa shape index (κ1) is 17.3. The van der Waals surface area contributed by atoms with Crippen LogP contribution in [-0.2, 0) is 5.60 Å². The number of halogens is 1. The van der Waals surface area contributed by atoms with Crippen LogP contribution in [-0.4, -0.2) is 24.6 Å². The van der Waals surface area contributed by atoms with E-state index in [9.17, 15) is 9.50 Å². The summed E-state index contributed by atoms with van der Waals surface area (Å²) >= 11 is 0. The minimum atomic E-state index is -1.19. The molecule has 0 amide bonds. The smallest absolute Gasteiger partial charge is 0.220 e. The van der Waals surface area contributed by atoms with Crippen molar-refractivity contribution in [1.82, 2.24) is 19.5 Å². The van der Waals surface area contributed by atoms with Crippen LogP contribution in [0.4, 0.5) is 10.3 Å². The van der Waals surface area contributed by atoms with Crippen LogP contribution in [0, 0.1) is 12.7 Å². The Hall–Kier alpha value is -2.54. The average molecular weight is 343 g/mol. The Morgan fingerprint density at radius 3 is 2.52 bits per heavy atom. The first-order valence-electron chi connectivity index (χ1n) is 8.13. The SMILES string of the molecule is Cc1cnc(N)nc1-c1cc(F)c2nc(C(C)(C)O)n(C(C)C)c2c1. The van der Waals surface area contributed by atoms with Crippen LogP contribution >= 0.6 is 0 Å². The molecule has 2 heterocycles. The zero-order chi connectivity index (χ0) is 18.5. The predicted molar refractivity (Wildman–Crippen MR) is 95.5 cm³/mol. The van der Waals surface area contributed by atoms with Gasteiger partial charge in [0, 0.05) is 17.8 Å². The highest BCUT2D eigenvalue weighted by Crippen LogP contribution is 2.33. The zero-order valence-electron chi connectivity index (χ0n) is 15.0. The second-order valence-electron chi connectivity index (χ2n) is 7.04. The number of aliphatic hydroxyl groups is 1. The fourth-order valence-electron chi connectivity index (χ4n) is 2.99. The lowest BCUT2D eigenvalue weighted by atomic mass is 10.1. The van der Waals surface area contributed by atoms with Crippen molar-refractivity contribution in [2.24, 2.45) is 0 Å². The molecule has 0 atom stereocenters. The lowest BCUT2D eigenvalue weighted by Gasteiger charge is -2.21. The van der Waals surface area contributed by atoms with Crippen molar-refractivity contribution in [2.75, 3.05) is 5.73 Å². The van der Waals surface area contributed by atoms with Crippen molar-refractivity contribution in [3.8, 4) is 11.3 Å². The van der Waals surface area contributed by atoms with E-state index in [0.717, 1.165) is 5.56 Å². The molecular weight excluding hydrogens is 321 g/mol. The van der Waals surface area contributed by atoms with Gasteiger partial charge in [-0.25, -0.2) is 19.3 Å². The maximum absolute atomic E-state index is 14.8. The Balaban J connectivity index is 2.36. The third kappa shape index (κ3) is 2.95.